The molecule has 4 nitrogen and oxygen atoms in total. The van der Waals surface area contributed by atoms with E-state index >= 15 is 0 Å². The molecule has 0 unspecified atom stereocenters. The van der Waals surface area contributed by atoms with Gasteiger partial charge in [-0.15, -0.1) is 0 Å². The smallest absolute Gasteiger partial charge is 0.113 e. The van der Waals surface area contributed by atoms with Crippen molar-refractivity contribution in [2.45, 2.75) is 19.3 Å². The van der Waals surface area contributed by atoms with Gasteiger partial charge in [0.25, 0.3) is 0 Å². The molecular formula is C12H16N4. The van der Waals surface area contributed by atoms with Crippen molar-refractivity contribution in [2.24, 2.45) is 5.73 Å². The standard InChI is InChI=1S/C12H16N4/c1-12(2,8-13)11-15-7-10(16-11)9-4-3-5-14-6-9/h3-7H,8,13H2,1-2H3,(H,15,16). The van der Waals surface area contributed by atoms with Gasteiger partial charge in [-0.25, -0.2) is 4.98 Å². The minimum absolute atomic E-state index is 0.125. The molecule has 0 spiro atoms. The molecular weight excluding hydrogens is 200 g/mol. The van der Waals surface area contributed by atoms with Crippen molar-refractivity contribution in [3.63, 3.8) is 0 Å². The second-order valence-corrected chi connectivity index (χ2v) is 4.48. The SMILES string of the molecule is CC(C)(CN)c1ncc(-c2cccnc2)[nH]1. The second kappa shape index (κ2) is 4.06. The first-order valence-electron chi connectivity index (χ1n) is 5.29. The Balaban J connectivity index is 2.34. The maximum absolute atomic E-state index is 5.71. The van der Waals surface area contributed by atoms with Crippen LogP contribution >= 0.6 is 0 Å². The number of rotatable bonds is 3. The van der Waals surface area contributed by atoms with Crippen molar-refractivity contribution >= 4 is 0 Å². The average Bonchev–Trinajstić information content (AvgIpc) is 2.80. The van der Waals surface area contributed by atoms with Crippen LogP contribution < -0.4 is 5.73 Å². The van der Waals surface area contributed by atoms with Crippen LogP contribution in [0.25, 0.3) is 11.3 Å². The molecule has 0 aromatic carbocycles. The molecule has 0 atom stereocenters. The number of aromatic amines is 1. The summed E-state index contributed by atoms with van der Waals surface area (Å²) < 4.78 is 0. The van der Waals surface area contributed by atoms with E-state index in [4.69, 9.17) is 5.73 Å². The number of aromatic nitrogens is 3. The van der Waals surface area contributed by atoms with Crippen molar-refractivity contribution in [1.29, 1.82) is 0 Å². The zero-order chi connectivity index (χ0) is 11.6. The lowest BCUT2D eigenvalue weighted by Crippen LogP contribution is -2.29. The third-order valence-corrected chi connectivity index (χ3v) is 2.70. The van der Waals surface area contributed by atoms with E-state index in [1.807, 2.05) is 24.5 Å². The summed E-state index contributed by atoms with van der Waals surface area (Å²) in [6.45, 7) is 4.70. The summed E-state index contributed by atoms with van der Waals surface area (Å²) in [4.78, 5) is 11.7. The Morgan fingerprint density at radius 1 is 1.38 bits per heavy atom. The molecule has 3 N–H and O–H groups in total. The van der Waals surface area contributed by atoms with Gasteiger partial charge in [-0.2, -0.15) is 0 Å². The number of H-pyrrole nitrogens is 1. The molecule has 4 heteroatoms. The first kappa shape index (κ1) is 10.8. The van der Waals surface area contributed by atoms with E-state index in [1.165, 1.54) is 0 Å². The molecule has 0 bridgehead atoms. The van der Waals surface area contributed by atoms with Crippen LogP contribution in [0, 0.1) is 0 Å². The van der Waals surface area contributed by atoms with Crippen molar-refractivity contribution in [2.75, 3.05) is 6.54 Å². The number of nitrogens with zero attached hydrogens (tertiary/aromatic N) is 2. The highest BCUT2D eigenvalue weighted by Crippen LogP contribution is 2.22. The molecule has 0 amide bonds. The zero-order valence-corrected chi connectivity index (χ0v) is 9.57. The summed E-state index contributed by atoms with van der Waals surface area (Å²) in [5.41, 5.74) is 7.60. The van der Waals surface area contributed by atoms with Crippen molar-refractivity contribution in [1.82, 2.24) is 15.0 Å². The number of nitrogens with one attached hydrogen (secondary N) is 1. The fourth-order valence-electron chi connectivity index (χ4n) is 1.43. The fourth-order valence-corrected chi connectivity index (χ4v) is 1.43. The largest absolute Gasteiger partial charge is 0.341 e. The van der Waals surface area contributed by atoms with Crippen LogP contribution in [-0.2, 0) is 5.41 Å². The molecule has 2 rings (SSSR count). The van der Waals surface area contributed by atoms with E-state index in [0.29, 0.717) is 6.54 Å². The molecule has 0 aliphatic rings. The van der Waals surface area contributed by atoms with Crippen LogP contribution in [0.2, 0.25) is 0 Å². The van der Waals surface area contributed by atoms with Gasteiger partial charge in [0.05, 0.1) is 11.9 Å². The highest BCUT2D eigenvalue weighted by atomic mass is 14.9. The predicted molar refractivity (Wildman–Crippen MR) is 63.9 cm³/mol. The predicted octanol–water partition coefficient (Wildman–Crippen LogP) is 1.71. The average molecular weight is 216 g/mol. The Hall–Kier alpha value is -1.68. The fraction of sp³-hybridized carbons (Fsp3) is 0.333. The minimum atomic E-state index is -0.125. The van der Waals surface area contributed by atoms with Gasteiger partial charge >= 0.3 is 0 Å². The summed E-state index contributed by atoms with van der Waals surface area (Å²) in [5.74, 6) is 0.911. The third kappa shape index (κ3) is 1.97. The number of hydrogen-bond donors (Lipinski definition) is 2. The minimum Gasteiger partial charge on any atom is -0.341 e. The van der Waals surface area contributed by atoms with E-state index < -0.39 is 0 Å². The topological polar surface area (TPSA) is 67.6 Å². The first-order valence-corrected chi connectivity index (χ1v) is 5.29. The number of pyridine rings is 1. The maximum atomic E-state index is 5.71. The van der Waals surface area contributed by atoms with Gasteiger partial charge in [0.2, 0.25) is 0 Å². The summed E-state index contributed by atoms with van der Waals surface area (Å²) >= 11 is 0. The highest BCUT2D eigenvalue weighted by Gasteiger charge is 2.22. The monoisotopic (exact) mass is 216 g/mol. The molecule has 0 radical (unpaired) electrons. The van der Waals surface area contributed by atoms with Crippen molar-refractivity contribution < 1.29 is 0 Å². The van der Waals surface area contributed by atoms with Gasteiger partial charge in [0.1, 0.15) is 5.82 Å². The van der Waals surface area contributed by atoms with E-state index in [2.05, 4.69) is 28.8 Å². The number of nitrogens with two attached hydrogens (primary N) is 1. The molecule has 0 aliphatic carbocycles. The van der Waals surface area contributed by atoms with Gasteiger partial charge in [-0.3, -0.25) is 4.98 Å². The lowest BCUT2D eigenvalue weighted by Gasteiger charge is -2.18. The Kier molecular flexibility index (Phi) is 2.75. The quantitative estimate of drug-likeness (QED) is 0.820. The summed E-state index contributed by atoms with van der Waals surface area (Å²) in [5, 5.41) is 0. The van der Waals surface area contributed by atoms with Crippen LogP contribution in [0.3, 0.4) is 0 Å². The Bertz CT molecular complexity index is 459. The van der Waals surface area contributed by atoms with Crippen LogP contribution in [0.4, 0.5) is 0 Å². The highest BCUT2D eigenvalue weighted by molar-refractivity contribution is 5.56. The first-order chi connectivity index (χ1) is 7.63. The third-order valence-electron chi connectivity index (χ3n) is 2.70. The lowest BCUT2D eigenvalue weighted by atomic mass is 9.93. The van der Waals surface area contributed by atoms with Gasteiger partial charge in [0, 0.05) is 29.9 Å². The van der Waals surface area contributed by atoms with Crippen LogP contribution in [0.5, 0.6) is 0 Å². The summed E-state index contributed by atoms with van der Waals surface area (Å²) in [6, 6.07) is 3.91. The maximum Gasteiger partial charge on any atom is 0.113 e. The molecule has 2 aromatic heterocycles. The summed E-state index contributed by atoms with van der Waals surface area (Å²) in [7, 11) is 0. The van der Waals surface area contributed by atoms with E-state index in [1.54, 1.807) is 6.20 Å². The molecule has 16 heavy (non-hydrogen) atoms. The van der Waals surface area contributed by atoms with Crippen LogP contribution in [-0.4, -0.2) is 21.5 Å². The molecule has 2 heterocycles. The number of imidazole rings is 1. The zero-order valence-electron chi connectivity index (χ0n) is 9.57. The Morgan fingerprint density at radius 2 is 2.19 bits per heavy atom. The second-order valence-electron chi connectivity index (χ2n) is 4.48. The van der Waals surface area contributed by atoms with Crippen LogP contribution in [0.1, 0.15) is 19.7 Å². The van der Waals surface area contributed by atoms with Crippen molar-refractivity contribution in [3.05, 3.63) is 36.5 Å². The van der Waals surface area contributed by atoms with E-state index in [9.17, 15) is 0 Å². The van der Waals surface area contributed by atoms with Gasteiger partial charge in [0.15, 0.2) is 0 Å². The molecule has 0 saturated heterocycles. The van der Waals surface area contributed by atoms with Gasteiger partial charge in [-0.05, 0) is 12.1 Å². The molecule has 2 aromatic rings. The summed E-state index contributed by atoms with van der Waals surface area (Å²) in [6.07, 6.45) is 5.39. The Labute approximate surface area is 94.9 Å². The number of hydrogen-bond acceptors (Lipinski definition) is 3. The van der Waals surface area contributed by atoms with Gasteiger partial charge < -0.3 is 10.7 Å². The Morgan fingerprint density at radius 3 is 2.81 bits per heavy atom. The molecule has 84 valence electrons. The van der Waals surface area contributed by atoms with Crippen LogP contribution in [0.15, 0.2) is 30.7 Å². The lowest BCUT2D eigenvalue weighted by molar-refractivity contribution is 0.508. The molecule has 0 aliphatic heterocycles. The van der Waals surface area contributed by atoms with Gasteiger partial charge in [-0.1, -0.05) is 13.8 Å². The normalized spacial score (nSPS) is 11.7. The molecule has 0 fully saturated rings. The molecule has 0 saturated carbocycles. The van der Waals surface area contributed by atoms with Crippen molar-refractivity contribution in [3.8, 4) is 11.3 Å². The van der Waals surface area contributed by atoms with E-state index in [0.717, 1.165) is 17.1 Å². The van der Waals surface area contributed by atoms with E-state index in [-0.39, 0.29) is 5.41 Å².